The predicted molar refractivity (Wildman–Crippen MR) is 106 cm³/mol. The van der Waals surface area contributed by atoms with E-state index in [-0.39, 0.29) is 11.2 Å². The van der Waals surface area contributed by atoms with Gasteiger partial charge in [0.05, 0.1) is 17.2 Å². The molecule has 4 nitrogen and oxygen atoms in total. The number of halogens is 1. The molecule has 26 heavy (non-hydrogen) atoms. The van der Waals surface area contributed by atoms with Crippen molar-refractivity contribution in [2.45, 2.75) is 44.9 Å². The van der Waals surface area contributed by atoms with Crippen molar-refractivity contribution in [2.75, 3.05) is 19.6 Å². The molecule has 0 saturated heterocycles. The van der Waals surface area contributed by atoms with E-state index in [9.17, 15) is 4.39 Å². The second-order valence-corrected chi connectivity index (χ2v) is 7.93. The Labute approximate surface area is 159 Å². The van der Waals surface area contributed by atoms with Gasteiger partial charge in [-0.25, -0.2) is 9.37 Å². The maximum atomic E-state index is 13.2. The molecule has 1 fully saturated rings. The van der Waals surface area contributed by atoms with Crippen molar-refractivity contribution in [1.29, 1.82) is 0 Å². The highest BCUT2D eigenvalue weighted by atomic mass is 32.1. The molecule has 0 atom stereocenters. The number of nitrogens with one attached hydrogen (secondary N) is 2. The van der Waals surface area contributed by atoms with Crippen LogP contribution in [0, 0.1) is 12.7 Å². The van der Waals surface area contributed by atoms with Crippen molar-refractivity contribution in [1.82, 2.24) is 15.6 Å². The highest BCUT2D eigenvalue weighted by molar-refractivity contribution is 7.09. The van der Waals surface area contributed by atoms with Crippen molar-refractivity contribution in [3.8, 4) is 0 Å². The molecule has 0 bridgehead atoms. The molecular formula is C20H27FN4S. The molecule has 1 aliphatic carbocycles. The van der Waals surface area contributed by atoms with Gasteiger partial charge in [0, 0.05) is 30.3 Å². The Morgan fingerprint density at radius 3 is 2.62 bits per heavy atom. The first-order chi connectivity index (χ1) is 12.6. The number of guanidine groups is 1. The number of benzene rings is 1. The number of hydrogen-bond donors (Lipinski definition) is 2. The second-order valence-electron chi connectivity index (χ2n) is 6.87. The van der Waals surface area contributed by atoms with Gasteiger partial charge in [0.15, 0.2) is 5.96 Å². The third-order valence-corrected chi connectivity index (χ3v) is 5.81. The van der Waals surface area contributed by atoms with Crippen molar-refractivity contribution in [2.24, 2.45) is 4.99 Å². The van der Waals surface area contributed by atoms with Crippen LogP contribution < -0.4 is 10.6 Å². The van der Waals surface area contributed by atoms with Gasteiger partial charge in [-0.3, -0.25) is 4.99 Å². The van der Waals surface area contributed by atoms with Crippen LogP contribution in [-0.2, 0) is 11.8 Å². The largest absolute Gasteiger partial charge is 0.357 e. The Kier molecular flexibility index (Phi) is 6.25. The number of aliphatic imine (C=N–C) groups is 1. The zero-order chi connectivity index (χ0) is 18.4. The summed E-state index contributed by atoms with van der Waals surface area (Å²) in [6.45, 7) is 6.45. The minimum atomic E-state index is -0.181. The van der Waals surface area contributed by atoms with Gasteiger partial charge in [0.2, 0.25) is 0 Å². The predicted octanol–water partition coefficient (Wildman–Crippen LogP) is 3.81. The standard InChI is InChI=1S/C20H27FN4S/c1-3-22-19(23-12-9-18-13-26-15(2)25-18)24-14-20(10-4-11-20)16-5-7-17(21)8-6-16/h5-8,13H,3-4,9-12,14H2,1-2H3,(H2,22,23,24). The molecule has 1 aromatic carbocycles. The van der Waals surface area contributed by atoms with E-state index >= 15 is 0 Å². The summed E-state index contributed by atoms with van der Waals surface area (Å²) in [5.74, 6) is 0.659. The van der Waals surface area contributed by atoms with Crippen LogP contribution >= 0.6 is 11.3 Å². The van der Waals surface area contributed by atoms with Crippen LogP contribution in [0.25, 0.3) is 0 Å². The Morgan fingerprint density at radius 1 is 1.27 bits per heavy atom. The second kappa shape index (κ2) is 8.62. The van der Waals surface area contributed by atoms with E-state index in [0.717, 1.165) is 55.6 Å². The van der Waals surface area contributed by atoms with Crippen LogP contribution in [0.2, 0.25) is 0 Å². The molecule has 140 valence electrons. The van der Waals surface area contributed by atoms with Crippen LogP contribution in [0.4, 0.5) is 4.39 Å². The monoisotopic (exact) mass is 374 g/mol. The van der Waals surface area contributed by atoms with Gasteiger partial charge < -0.3 is 10.6 Å². The summed E-state index contributed by atoms with van der Waals surface area (Å²) < 4.78 is 13.2. The molecule has 1 aliphatic rings. The number of aromatic nitrogens is 1. The molecule has 3 rings (SSSR count). The summed E-state index contributed by atoms with van der Waals surface area (Å²) in [5.41, 5.74) is 2.38. The highest BCUT2D eigenvalue weighted by Crippen LogP contribution is 2.44. The molecule has 0 unspecified atom stereocenters. The van der Waals surface area contributed by atoms with Crippen molar-refractivity contribution < 1.29 is 4.39 Å². The van der Waals surface area contributed by atoms with Crippen molar-refractivity contribution in [3.63, 3.8) is 0 Å². The summed E-state index contributed by atoms with van der Waals surface area (Å²) in [6, 6.07) is 6.93. The van der Waals surface area contributed by atoms with Crippen LogP contribution in [0.3, 0.4) is 0 Å². The lowest BCUT2D eigenvalue weighted by molar-refractivity contribution is 0.253. The van der Waals surface area contributed by atoms with E-state index in [2.05, 4.69) is 27.9 Å². The summed E-state index contributed by atoms with van der Waals surface area (Å²) in [6.07, 6.45) is 4.32. The third kappa shape index (κ3) is 4.61. The maximum absolute atomic E-state index is 13.2. The lowest BCUT2D eigenvalue weighted by Gasteiger charge is -2.41. The average molecular weight is 375 g/mol. The van der Waals surface area contributed by atoms with Crippen LogP contribution in [0.1, 0.15) is 42.5 Å². The Balaban J connectivity index is 1.61. The molecule has 2 aromatic rings. The van der Waals surface area contributed by atoms with Gasteiger partial charge in [-0.05, 0) is 44.4 Å². The van der Waals surface area contributed by atoms with Gasteiger partial charge in [-0.1, -0.05) is 18.6 Å². The molecular weight excluding hydrogens is 347 g/mol. The molecule has 1 saturated carbocycles. The number of nitrogens with zero attached hydrogens (tertiary/aromatic N) is 2. The topological polar surface area (TPSA) is 49.3 Å². The molecule has 0 amide bonds. The highest BCUT2D eigenvalue weighted by Gasteiger charge is 2.38. The molecule has 1 heterocycles. The van der Waals surface area contributed by atoms with Gasteiger partial charge in [-0.15, -0.1) is 11.3 Å². The van der Waals surface area contributed by atoms with Gasteiger partial charge >= 0.3 is 0 Å². The SMILES string of the molecule is CCNC(=NCC1(c2ccc(F)cc2)CCC1)NCCc1csc(C)n1. The smallest absolute Gasteiger partial charge is 0.191 e. The van der Waals surface area contributed by atoms with Crippen LogP contribution in [-0.4, -0.2) is 30.6 Å². The normalized spacial score (nSPS) is 16.2. The molecule has 2 N–H and O–H groups in total. The van der Waals surface area contributed by atoms with E-state index in [1.54, 1.807) is 23.5 Å². The molecule has 0 aliphatic heterocycles. The summed E-state index contributed by atoms with van der Waals surface area (Å²) in [7, 11) is 0. The fourth-order valence-corrected chi connectivity index (χ4v) is 4.00. The number of thiazole rings is 1. The average Bonchev–Trinajstić information content (AvgIpc) is 3.00. The third-order valence-electron chi connectivity index (χ3n) is 4.99. The Bertz CT molecular complexity index is 735. The lowest BCUT2D eigenvalue weighted by atomic mass is 9.64. The summed E-state index contributed by atoms with van der Waals surface area (Å²) >= 11 is 1.68. The first kappa shape index (κ1) is 18.8. The number of aryl methyl sites for hydroxylation is 1. The maximum Gasteiger partial charge on any atom is 0.191 e. The first-order valence-corrected chi connectivity index (χ1v) is 10.2. The minimum absolute atomic E-state index is 0.0576. The zero-order valence-electron chi connectivity index (χ0n) is 15.5. The summed E-state index contributed by atoms with van der Waals surface area (Å²) in [5, 5.41) is 9.93. The fraction of sp³-hybridized carbons (Fsp3) is 0.500. The van der Waals surface area contributed by atoms with Crippen molar-refractivity contribution >= 4 is 17.3 Å². The van der Waals surface area contributed by atoms with E-state index in [1.165, 1.54) is 12.0 Å². The van der Waals surface area contributed by atoms with Crippen LogP contribution in [0.5, 0.6) is 0 Å². The van der Waals surface area contributed by atoms with Gasteiger partial charge in [-0.2, -0.15) is 0 Å². The zero-order valence-corrected chi connectivity index (χ0v) is 16.3. The summed E-state index contributed by atoms with van der Waals surface area (Å²) in [4.78, 5) is 9.32. The van der Waals surface area contributed by atoms with Gasteiger partial charge in [0.25, 0.3) is 0 Å². The first-order valence-electron chi connectivity index (χ1n) is 9.30. The Hall–Kier alpha value is -1.95. The quantitative estimate of drug-likeness (QED) is 0.572. The van der Waals surface area contributed by atoms with E-state index in [1.807, 2.05) is 19.1 Å². The molecule has 6 heteroatoms. The van der Waals surface area contributed by atoms with Gasteiger partial charge in [0.1, 0.15) is 5.82 Å². The molecule has 0 radical (unpaired) electrons. The molecule has 0 spiro atoms. The van der Waals surface area contributed by atoms with Crippen molar-refractivity contribution in [3.05, 3.63) is 51.7 Å². The number of hydrogen-bond acceptors (Lipinski definition) is 3. The lowest BCUT2D eigenvalue weighted by Crippen LogP contribution is -2.42. The minimum Gasteiger partial charge on any atom is -0.357 e. The van der Waals surface area contributed by atoms with E-state index in [4.69, 9.17) is 4.99 Å². The molecule has 1 aromatic heterocycles. The Morgan fingerprint density at radius 2 is 2.04 bits per heavy atom. The number of rotatable bonds is 7. The van der Waals surface area contributed by atoms with Crippen LogP contribution in [0.15, 0.2) is 34.6 Å². The van der Waals surface area contributed by atoms with E-state index in [0.29, 0.717) is 0 Å². The van der Waals surface area contributed by atoms with E-state index < -0.39 is 0 Å². The fourth-order valence-electron chi connectivity index (χ4n) is 3.35.